The van der Waals surface area contributed by atoms with E-state index in [2.05, 4.69) is 17.1 Å². The van der Waals surface area contributed by atoms with Gasteiger partial charge in [0.2, 0.25) is 0 Å². The Morgan fingerprint density at radius 2 is 2.04 bits per heavy atom. The van der Waals surface area contributed by atoms with Crippen molar-refractivity contribution in [2.45, 2.75) is 31.5 Å². The van der Waals surface area contributed by atoms with E-state index in [1.807, 2.05) is 24.3 Å². The Morgan fingerprint density at radius 1 is 1.28 bits per heavy atom. The Hall–Kier alpha value is -1.40. The highest BCUT2D eigenvalue weighted by Crippen LogP contribution is 2.50. The lowest BCUT2D eigenvalue weighted by atomic mass is 9.58. The first-order valence-corrected chi connectivity index (χ1v) is 9.12. The van der Waals surface area contributed by atoms with Crippen LogP contribution in [0.2, 0.25) is 0 Å². The van der Waals surface area contributed by atoms with E-state index in [0.717, 1.165) is 43.8 Å². The van der Waals surface area contributed by atoms with Crippen molar-refractivity contribution >= 4 is 6.08 Å². The van der Waals surface area contributed by atoms with Gasteiger partial charge in [0.15, 0.2) is 0 Å². The van der Waals surface area contributed by atoms with Gasteiger partial charge >= 0.3 is 0 Å². The minimum atomic E-state index is -0.262. The zero-order chi connectivity index (χ0) is 17.7. The summed E-state index contributed by atoms with van der Waals surface area (Å²) in [5, 5.41) is 19.2. The molecule has 1 aromatic carbocycles. The number of piperidine rings is 1. The monoisotopic (exact) mass is 347 g/mol. The molecule has 1 aliphatic carbocycles. The molecule has 2 N–H and O–H groups in total. The normalized spacial score (nSPS) is 26.0. The summed E-state index contributed by atoms with van der Waals surface area (Å²) in [5.74, 6) is 0.887. The Morgan fingerprint density at radius 3 is 2.72 bits per heavy atom. The Balaban J connectivity index is 1.50. The molecule has 2 fully saturated rings. The zero-order valence-electron chi connectivity index (χ0n) is 14.9. The second-order valence-corrected chi connectivity index (χ2v) is 7.01. The first-order valence-electron chi connectivity index (χ1n) is 9.12. The Bertz CT molecular complexity index is 581. The van der Waals surface area contributed by atoms with Crippen LogP contribution in [0.5, 0.6) is 5.75 Å². The molecule has 5 nitrogen and oxygen atoms in total. The van der Waals surface area contributed by atoms with Gasteiger partial charge in [0.1, 0.15) is 5.75 Å². The maximum absolute atomic E-state index is 10.3. The van der Waals surface area contributed by atoms with Crippen LogP contribution in [0, 0.1) is 5.41 Å². The van der Waals surface area contributed by atoms with Crippen molar-refractivity contribution in [3.8, 4) is 5.75 Å². The standard InChI is InChI=1S/C20H29NO4/c1-24-17-7-3-2-5-16(17)6-4-10-21-11-8-20(9-12-21)18(23)15-19(20)25-14-13-22/h2-7,18-19,22-23H,8-15H2,1H3/b6-4+/t18-,19+/m1/s1. The third-order valence-corrected chi connectivity index (χ3v) is 5.74. The molecular formula is C20H29NO4. The molecule has 2 atom stereocenters. The Labute approximate surface area is 149 Å². The van der Waals surface area contributed by atoms with Crippen LogP contribution in [0.25, 0.3) is 6.08 Å². The van der Waals surface area contributed by atoms with E-state index in [1.54, 1.807) is 7.11 Å². The summed E-state index contributed by atoms with van der Waals surface area (Å²) in [5.41, 5.74) is 0.989. The van der Waals surface area contributed by atoms with Crippen LogP contribution in [0.4, 0.5) is 0 Å². The van der Waals surface area contributed by atoms with E-state index in [1.165, 1.54) is 0 Å². The number of rotatable bonds is 7. The lowest BCUT2D eigenvalue weighted by Gasteiger charge is -2.56. The van der Waals surface area contributed by atoms with Gasteiger partial charge < -0.3 is 19.7 Å². The molecule has 2 aliphatic rings. The molecule has 1 saturated carbocycles. The van der Waals surface area contributed by atoms with Gasteiger partial charge in [0.05, 0.1) is 32.5 Å². The van der Waals surface area contributed by atoms with Crippen LogP contribution >= 0.6 is 0 Å². The van der Waals surface area contributed by atoms with Gasteiger partial charge in [-0.25, -0.2) is 0 Å². The van der Waals surface area contributed by atoms with Gasteiger partial charge in [-0.1, -0.05) is 30.4 Å². The van der Waals surface area contributed by atoms with E-state index >= 15 is 0 Å². The number of methoxy groups -OCH3 is 1. The topological polar surface area (TPSA) is 62.2 Å². The van der Waals surface area contributed by atoms with Gasteiger partial charge in [-0.3, -0.25) is 4.90 Å². The SMILES string of the molecule is COc1ccccc1/C=C/CN1CCC2(CC1)[C@H](O)C[C@@H]2OCCO. The van der Waals surface area contributed by atoms with Gasteiger partial charge in [-0.2, -0.15) is 0 Å². The minimum absolute atomic E-state index is 0.0442. The van der Waals surface area contributed by atoms with Crippen molar-refractivity contribution in [2.75, 3.05) is 40.0 Å². The largest absolute Gasteiger partial charge is 0.496 e. The van der Waals surface area contributed by atoms with E-state index in [9.17, 15) is 5.11 Å². The first kappa shape index (κ1) is 18.4. The second-order valence-electron chi connectivity index (χ2n) is 7.01. The molecule has 1 aliphatic heterocycles. The van der Waals surface area contributed by atoms with Crippen LogP contribution in [-0.2, 0) is 4.74 Å². The van der Waals surface area contributed by atoms with Crippen LogP contribution in [-0.4, -0.2) is 67.3 Å². The molecule has 1 spiro atoms. The molecule has 1 aromatic rings. The summed E-state index contributed by atoms with van der Waals surface area (Å²) in [6, 6.07) is 8.00. The van der Waals surface area contributed by atoms with Crippen molar-refractivity contribution in [1.82, 2.24) is 4.90 Å². The number of nitrogens with zero attached hydrogens (tertiary/aromatic N) is 1. The van der Waals surface area contributed by atoms with E-state index in [0.29, 0.717) is 13.0 Å². The number of ether oxygens (including phenoxy) is 2. The van der Waals surface area contributed by atoms with Crippen molar-refractivity contribution in [1.29, 1.82) is 0 Å². The predicted octanol–water partition coefficient (Wildman–Crippen LogP) is 1.93. The lowest BCUT2D eigenvalue weighted by Crippen LogP contribution is -2.62. The van der Waals surface area contributed by atoms with E-state index in [-0.39, 0.29) is 24.2 Å². The Kier molecular flexibility index (Phi) is 6.12. The third kappa shape index (κ3) is 3.90. The molecule has 0 aromatic heterocycles. The smallest absolute Gasteiger partial charge is 0.126 e. The van der Waals surface area contributed by atoms with E-state index < -0.39 is 0 Å². The number of hydrogen-bond acceptors (Lipinski definition) is 5. The number of benzene rings is 1. The quantitative estimate of drug-likeness (QED) is 0.789. The maximum Gasteiger partial charge on any atom is 0.126 e. The molecule has 0 radical (unpaired) electrons. The van der Waals surface area contributed by atoms with Crippen LogP contribution in [0.15, 0.2) is 30.3 Å². The number of likely N-dealkylation sites (tertiary alicyclic amines) is 1. The highest BCUT2D eigenvalue weighted by atomic mass is 16.5. The van der Waals surface area contributed by atoms with Crippen molar-refractivity contribution in [3.63, 3.8) is 0 Å². The molecule has 0 unspecified atom stereocenters. The van der Waals surface area contributed by atoms with Gasteiger partial charge in [-0.05, 0) is 32.0 Å². The second kappa shape index (κ2) is 8.32. The average Bonchev–Trinajstić information content (AvgIpc) is 2.66. The number of aliphatic hydroxyl groups is 2. The fourth-order valence-electron chi connectivity index (χ4n) is 4.10. The zero-order valence-corrected chi connectivity index (χ0v) is 14.9. The summed E-state index contributed by atoms with van der Waals surface area (Å²) in [6.07, 6.45) is 6.72. The van der Waals surface area contributed by atoms with Gasteiger partial charge in [-0.15, -0.1) is 0 Å². The summed E-state index contributed by atoms with van der Waals surface area (Å²) in [7, 11) is 1.69. The van der Waals surface area contributed by atoms with Crippen LogP contribution in [0.1, 0.15) is 24.8 Å². The summed E-state index contributed by atoms with van der Waals surface area (Å²) in [4.78, 5) is 2.41. The molecule has 0 amide bonds. The van der Waals surface area contributed by atoms with Crippen molar-refractivity contribution < 1.29 is 19.7 Å². The molecule has 1 saturated heterocycles. The van der Waals surface area contributed by atoms with Crippen LogP contribution < -0.4 is 4.74 Å². The molecular weight excluding hydrogens is 318 g/mol. The number of para-hydroxylation sites is 1. The van der Waals surface area contributed by atoms with Gasteiger partial charge in [0, 0.05) is 23.9 Å². The minimum Gasteiger partial charge on any atom is -0.496 e. The van der Waals surface area contributed by atoms with Gasteiger partial charge in [0.25, 0.3) is 0 Å². The summed E-state index contributed by atoms with van der Waals surface area (Å²) in [6.45, 7) is 3.23. The maximum atomic E-state index is 10.3. The summed E-state index contributed by atoms with van der Waals surface area (Å²) >= 11 is 0. The fraction of sp³-hybridized carbons (Fsp3) is 0.600. The molecule has 5 heteroatoms. The molecule has 25 heavy (non-hydrogen) atoms. The summed E-state index contributed by atoms with van der Waals surface area (Å²) < 4.78 is 11.1. The molecule has 0 bridgehead atoms. The average molecular weight is 347 g/mol. The third-order valence-electron chi connectivity index (χ3n) is 5.74. The molecule has 1 heterocycles. The predicted molar refractivity (Wildman–Crippen MR) is 97.6 cm³/mol. The van der Waals surface area contributed by atoms with Crippen molar-refractivity contribution in [2.24, 2.45) is 5.41 Å². The molecule has 138 valence electrons. The number of hydrogen-bond donors (Lipinski definition) is 2. The lowest BCUT2D eigenvalue weighted by molar-refractivity contribution is -0.212. The highest BCUT2D eigenvalue weighted by molar-refractivity contribution is 5.57. The number of aliphatic hydroxyl groups excluding tert-OH is 2. The fourth-order valence-corrected chi connectivity index (χ4v) is 4.10. The van der Waals surface area contributed by atoms with E-state index in [4.69, 9.17) is 14.6 Å². The highest BCUT2D eigenvalue weighted by Gasteiger charge is 2.55. The van der Waals surface area contributed by atoms with Crippen LogP contribution in [0.3, 0.4) is 0 Å². The molecule has 3 rings (SSSR count). The van der Waals surface area contributed by atoms with Crippen molar-refractivity contribution in [3.05, 3.63) is 35.9 Å². The first-order chi connectivity index (χ1) is 12.2.